The molecule has 2 atom stereocenters. The summed E-state index contributed by atoms with van der Waals surface area (Å²) in [6.07, 6.45) is 5.96. The number of amides is 1. The Balaban J connectivity index is 1.19. The zero-order valence-electron chi connectivity index (χ0n) is 21.8. The van der Waals surface area contributed by atoms with Gasteiger partial charge in [-0.3, -0.25) is 9.59 Å². The normalized spacial score (nSPS) is 20.9. The van der Waals surface area contributed by atoms with Gasteiger partial charge >= 0.3 is 0 Å². The Morgan fingerprint density at radius 2 is 1.95 bits per heavy atom. The van der Waals surface area contributed by atoms with Gasteiger partial charge in [0.05, 0.1) is 33.5 Å². The summed E-state index contributed by atoms with van der Waals surface area (Å²) < 4.78 is 12.0. The van der Waals surface area contributed by atoms with Gasteiger partial charge in [-0.1, -0.05) is 12.8 Å². The Kier molecular flexibility index (Phi) is 6.70. The van der Waals surface area contributed by atoms with Crippen molar-refractivity contribution in [2.75, 3.05) is 41.8 Å². The number of nitrogens with one attached hydrogen (secondary N) is 3. The molecule has 4 aromatic rings. The lowest BCUT2D eigenvalue weighted by molar-refractivity contribution is 0.0966. The molecule has 40 heavy (non-hydrogen) atoms. The lowest BCUT2D eigenvalue weighted by Gasteiger charge is -2.30. The van der Waals surface area contributed by atoms with Crippen LogP contribution < -0.4 is 32.0 Å². The second kappa shape index (κ2) is 10.5. The fourth-order valence-corrected chi connectivity index (χ4v) is 7.83. The molecule has 3 aliphatic rings. The first-order valence-electron chi connectivity index (χ1n) is 13.6. The number of nitrogens with zero attached hydrogens (tertiary/aromatic N) is 2. The van der Waals surface area contributed by atoms with Crippen LogP contribution >= 0.6 is 22.7 Å². The number of ether oxygens (including phenoxy) is 1. The number of nitrogens with two attached hydrogens (primary N) is 1. The fraction of sp³-hybridized carbons (Fsp3) is 0.393. The molecule has 1 saturated heterocycles. The summed E-state index contributed by atoms with van der Waals surface area (Å²) in [5.74, 6) is 1.10. The summed E-state index contributed by atoms with van der Waals surface area (Å²) in [7, 11) is 0. The highest BCUT2D eigenvalue weighted by molar-refractivity contribution is 7.23. The Morgan fingerprint density at radius 1 is 1.10 bits per heavy atom. The van der Waals surface area contributed by atoms with E-state index in [0.717, 1.165) is 75.3 Å². The molecule has 12 heteroatoms. The van der Waals surface area contributed by atoms with Gasteiger partial charge in [-0.25, -0.2) is 4.98 Å². The van der Waals surface area contributed by atoms with Crippen molar-refractivity contribution in [3.63, 3.8) is 0 Å². The number of carbonyl (C=O) groups excluding carboxylic acids is 1. The highest BCUT2D eigenvalue weighted by Crippen LogP contribution is 2.41. The average molecular weight is 579 g/mol. The van der Waals surface area contributed by atoms with E-state index in [2.05, 4.69) is 20.9 Å². The van der Waals surface area contributed by atoms with E-state index < -0.39 is 0 Å². The van der Waals surface area contributed by atoms with Gasteiger partial charge < -0.3 is 35.7 Å². The molecule has 2 aliphatic heterocycles. The van der Waals surface area contributed by atoms with E-state index in [-0.39, 0.29) is 23.4 Å². The number of morpholine rings is 1. The summed E-state index contributed by atoms with van der Waals surface area (Å²) in [5.41, 5.74) is 8.97. The van der Waals surface area contributed by atoms with Crippen LogP contribution in [0.3, 0.4) is 0 Å². The minimum atomic E-state index is -0.135. The van der Waals surface area contributed by atoms with E-state index in [4.69, 9.17) is 19.9 Å². The zero-order valence-corrected chi connectivity index (χ0v) is 23.5. The van der Waals surface area contributed by atoms with Crippen LogP contribution in [-0.4, -0.2) is 49.3 Å². The van der Waals surface area contributed by atoms with Gasteiger partial charge in [0.15, 0.2) is 5.58 Å². The van der Waals surface area contributed by atoms with Crippen molar-refractivity contribution in [2.45, 2.75) is 44.3 Å². The minimum absolute atomic E-state index is 0.0871. The summed E-state index contributed by atoms with van der Waals surface area (Å²) >= 11 is 3.09. The van der Waals surface area contributed by atoms with Crippen molar-refractivity contribution in [3.05, 3.63) is 51.9 Å². The molecule has 0 aromatic carbocycles. The number of anilines is 4. The first-order chi connectivity index (χ1) is 19.5. The lowest BCUT2D eigenvalue weighted by Crippen LogP contribution is -2.42. The number of pyridine rings is 1. The van der Waals surface area contributed by atoms with Crippen molar-refractivity contribution < 1.29 is 13.9 Å². The predicted molar refractivity (Wildman–Crippen MR) is 159 cm³/mol. The summed E-state index contributed by atoms with van der Waals surface area (Å²) in [4.78, 5) is 33.5. The minimum Gasteiger partial charge on any atom is -0.459 e. The molecular formula is C28H30N6O4S2. The average Bonchev–Trinajstić information content (AvgIpc) is 3.69. The van der Waals surface area contributed by atoms with Crippen LogP contribution in [0, 0.1) is 0 Å². The largest absolute Gasteiger partial charge is 0.459 e. The Labute approximate surface area is 238 Å². The lowest BCUT2D eigenvalue weighted by atomic mass is 9.91. The van der Waals surface area contributed by atoms with E-state index in [1.807, 2.05) is 18.2 Å². The van der Waals surface area contributed by atoms with Crippen LogP contribution in [0.2, 0.25) is 0 Å². The Bertz CT molecular complexity index is 1640. The Morgan fingerprint density at radius 3 is 2.80 bits per heavy atom. The molecule has 1 amide bonds. The molecule has 0 bridgehead atoms. The molecule has 5 N–H and O–H groups in total. The number of aromatic nitrogens is 1. The van der Waals surface area contributed by atoms with E-state index >= 15 is 0 Å². The number of hydrogen-bond acceptors (Lipinski definition) is 11. The number of fused-ring (bicyclic) bond motifs is 2. The number of furan rings is 1. The molecule has 208 valence electrons. The number of rotatable bonds is 6. The molecule has 0 radical (unpaired) electrons. The van der Waals surface area contributed by atoms with Crippen molar-refractivity contribution in [1.82, 2.24) is 10.3 Å². The van der Waals surface area contributed by atoms with Crippen LogP contribution in [0.5, 0.6) is 0 Å². The molecule has 1 aliphatic carbocycles. The molecule has 6 heterocycles. The quantitative estimate of drug-likeness (QED) is 0.261. The smallest absolute Gasteiger partial charge is 0.255 e. The maximum atomic E-state index is 12.9. The van der Waals surface area contributed by atoms with Gasteiger partial charge in [0.1, 0.15) is 17.9 Å². The third-order valence-corrected chi connectivity index (χ3v) is 10.0. The predicted octanol–water partition coefficient (Wildman–Crippen LogP) is 4.48. The van der Waals surface area contributed by atoms with Gasteiger partial charge in [0, 0.05) is 48.2 Å². The molecule has 4 aromatic heterocycles. The van der Waals surface area contributed by atoms with Crippen molar-refractivity contribution >= 4 is 60.5 Å². The number of hydrogen-bond donors (Lipinski definition) is 4. The van der Waals surface area contributed by atoms with E-state index in [0.29, 0.717) is 36.7 Å². The zero-order chi connectivity index (χ0) is 27.2. The topological polar surface area (TPSA) is 135 Å². The number of carbonyl (C=O) groups is 1. The van der Waals surface area contributed by atoms with Crippen molar-refractivity contribution in [1.29, 1.82) is 0 Å². The third-order valence-electron chi connectivity index (χ3n) is 7.79. The molecule has 7 rings (SSSR count). The molecule has 1 saturated carbocycles. The van der Waals surface area contributed by atoms with E-state index in [1.54, 1.807) is 23.7 Å². The van der Waals surface area contributed by atoms with Gasteiger partial charge in [0.2, 0.25) is 5.43 Å². The standard InChI is InChI=1S/C28H30N6O4S2/c29-17-3-1-2-4-18(17)31-21-11-15-13-30-28(36)24(15)27(32-21)33-22-6-5-20(39-22)16-14-38-25-19(35)12-23(40-26(16)25)34-7-9-37-10-8-34/h5-6,11-12,14,17-18H,1-4,7-10,13,29H2,(H,30,36)(H2,31,32,33)/t17-,18+/m1/s1. The Hall–Kier alpha value is -3.45. The summed E-state index contributed by atoms with van der Waals surface area (Å²) in [6.45, 7) is 3.28. The van der Waals surface area contributed by atoms with Crippen LogP contribution in [-0.2, 0) is 11.3 Å². The molecule has 2 fully saturated rings. The van der Waals surface area contributed by atoms with E-state index in [9.17, 15) is 9.59 Å². The monoisotopic (exact) mass is 578 g/mol. The van der Waals surface area contributed by atoms with Gasteiger partial charge in [-0.15, -0.1) is 22.7 Å². The SMILES string of the molecule is N[C@@H]1CCCC[C@@H]1Nc1cc2c(c(Nc3ccc(-c4coc5c(=O)cc(N6CCOCC6)sc45)s3)n1)C(=O)NC2. The van der Waals surface area contributed by atoms with Crippen LogP contribution in [0.1, 0.15) is 41.6 Å². The third kappa shape index (κ3) is 4.74. The summed E-state index contributed by atoms with van der Waals surface area (Å²) in [6, 6.07) is 7.82. The van der Waals surface area contributed by atoms with Crippen LogP contribution in [0.4, 0.5) is 21.6 Å². The first kappa shape index (κ1) is 25.5. The maximum absolute atomic E-state index is 12.9. The van der Waals surface area contributed by atoms with Gasteiger partial charge in [-0.05, 0) is 36.6 Å². The van der Waals surface area contributed by atoms with Crippen molar-refractivity contribution in [3.8, 4) is 10.4 Å². The van der Waals surface area contributed by atoms with Crippen LogP contribution in [0.25, 0.3) is 20.7 Å². The highest BCUT2D eigenvalue weighted by Gasteiger charge is 2.28. The highest BCUT2D eigenvalue weighted by atomic mass is 32.1. The van der Waals surface area contributed by atoms with Crippen molar-refractivity contribution in [2.24, 2.45) is 5.73 Å². The van der Waals surface area contributed by atoms with Gasteiger partial charge in [-0.2, -0.15) is 0 Å². The van der Waals surface area contributed by atoms with E-state index in [1.165, 1.54) is 11.3 Å². The van der Waals surface area contributed by atoms with Crippen LogP contribution in [0.15, 0.2) is 39.7 Å². The second-order valence-corrected chi connectivity index (χ2v) is 12.5. The summed E-state index contributed by atoms with van der Waals surface area (Å²) in [5, 5.41) is 11.6. The molecule has 0 unspecified atom stereocenters. The molecular weight excluding hydrogens is 548 g/mol. The molecule has 10 nitrogen and oxygen atoms in total. The second-order valence-electron chi connectivity index (χ2n) is 10.4. The number of thiophene rings is 1. The molecule has 0 spiro atoms. The van der Waals surface area contributed by atoms with Gasteiger partial charge in [0.25, 0.3) is 5.91 Å². The maximum Gasteiger partial charge on any atom is 0.255 e. The first-order valence-corrected chi connectivity index (χ1v) is 15.3. The fourth-order valence-electron chi connectivity index (χ4n) is 5.65.